The Balaban J connectivity index is 1.78. The summed E-state index contributed by atoms with van der Waals surface area (Å²) in [5.41, 5.74) is 1.49. The van der Waals surface area contributed by atoms with Crippen LogP contribution in [0.5, 0.6) is 11.5 Å². The van der Waals surface area contributed by atoms with Crippen molar-refractivity contribution >= 4 is 33.9 Å². The van der Waals surface area contributed by atoms with E-state index in [4.69, 9.17) is 13.9 Å². The van der Waals surface area contributed by atoms with Crippen molar-refractivity contribution in [1.82, 2.24) is 10.2 Å². The first kappa shape index (κ1) is 15.9. The normalized spacial score (nSPS) is 11.5. The van der Waals surface area contributed by atoms with Gasteiger partial charge < -0.3 is 13.9 Å². The number of aliphatic imine (C=N–C) groups is 1. The molecule has 7 heteroatoms. The van der Waals surface area contributed by atoms with E-state index < -0.39 is 0 Å². The number of benzene rings is 2. The van der Waals surface area contributed by atoms with Gasteiger partial charge in [0.25, 0.3) is 0 Å². The fourth-order valence-electron chi connectivity index (χ4n) is 2.74. The second kappa shape index (κ2) is 6.36. The Hall–Kier alpha value is -3.61. The molecule has 0 aliphatic rings. The maximum Gasteiger partial charge on any atom is 0.201 e. The Morgan fingerprint density at radius 1 is 1.12 bits per heavy atom. The minimum Gasteiger partial charge on any atom is -0.493 e. The number of hydrogen-bond acceptors (Lipinski definition) is 6. The molecule has 26 heavy (non-hydrogen) atoms. The van der Waals surface area contributed by atoms with Gasteiger partial charge in [0.05, 0.1) is 30.7 Å². The number of rotatable bonds is 4. The van der Waals surface area contributed by atoms with Crippen molar-refractivity contribution in [3.8, 4) is 11.5 Å². The maximum atomic E-state index is 12.5. The first-order chi connectivity index (χ1) is 12.7. The molecule has 0 amide bonds. The molecule has 1 N–H and O–H groups in total. The molecule has 4 rings (SSSR count). The summed E-state index contributed by atoms with van der Waals surface area (Å²) in [6.45, 7) is 0. The van der Waals surface area contributed by atoms with Crippen LogP contribution in [0.2, 0.25) is 0 Å². The number of methoxy groups -OCH3 is 2. The molecule has 0 spiro atoms. The lowest BCUT2D eigenvalue weighted by Crippen LogP contribution is -2.07. The zero-order valence-corrected chi connectivity index (χ0v) is 14.1. The van der Waals surface area contributed by atoms with Gasteiger partial charge in [-0.05, 0) is 18.2 Å². The molecule has 2 heterocycles. The molecule has 2 aromatic heterocycles. The van der Waals surface area contributed by atoms with Crippen LogP contribution in [-0.2, 0) is 0 Å². The highest BCUT2D eigenvalue weighted by molar-refractivity contribution is 5.94. The Morgan fingerprint density at radius 3 is 2.69 bits per heavy atom. The summed E-state index contributed by atoms with van der Waals surface area (Å²) >= 11 is 0. The first-order valence-corrected chi connectivity index (χ1v) is 7.86. The lowest BCUT2D eigenvalue weighted by atomic mass is 10.2. The molecular weight excluding hydrogens is 334 g/mol. The summed E-state index contributed by atoms with van der Waals surface area (Å²) in [7, 11) is 3.13. The summed E-state index contributed by atoms with van der Waals surface area (Å²) < 4.78 is 16.1. The summed E-state index contributed by atoms with van der Waals surface area (Å²) in [5, 5.41) is 8.34. The zero-order valence-electron chi connectivity index (χ0n) is 14.1. The third-order valence-electron chi connectivity index (χ3n) is 4.08. The van der Waals surface area contributed by atoms with Crippen LogP contribution in [0.25, 0.3) is 21.9 Å². The number of ether oxygens (including phenoxy) is 2. The Kier molecular flexibility index (Phi) is 3.89. The number of aromatic amines is 1. The van der Waals surface area contributed by atoms with E-state index in [1.807, 2.05) is 6.07 Å². The van der Waals surface area contributed by atoms with Crippen LogP contribution < -0.4 is 14.9 Å². The van der Waals surface area contributed by atoms with Gasteiger partial charge >= 0.3 is 0 Å². The highest BCUT2D eigenvalue weighted by Gasteiger charge is 2.11. The molecule has 130 valence electrons. The molecule has 7 nitrogen and oxygen atoms in total. The average molecular weight is 349 g/mol. The molecule has 0 fully saturated rings. The lowest BCUT2D eigenvalue weighted by Gasteiger charge is -2.06. The molecule has 4 aromatic rings. The SMILES string of the molecule is COc1cc2[nH]nc(N=Cc3coc4ccccc4c3=O)c2cc1OC. The number of H-pyrrole nitrogens is 1. The van der Waals surface area contributed by atoms with Crippen LogP contribution in [0.4, 0.5) is 5.82 Å². The standard InChI is InChI=1S/C19H15N3O4/c1-24-16-7-13-14(8-17(16)25-2)21-22-19(13)20-9-11-10-26-15-6-4-3-5-12(15)18(11)23/h3-10H,1-2H3,(H,21,22). The van der Waals surface area contributed by atoms with Crippen LogP contribution >= 0.6 is 0 Å². The fraction of sp³-hybridized carbons (Fsp3) is 0.105. The smallest absolute Gasteiger partial charge is 0.201 e. The van der Waals surface area contributed by atoms with E-state index in [2.05, 4.69) is 15.2 Å². The molecule has 0 aliphatic carbocycles. The van der Waals surface area contributed by atoms with Gasteiger partial charge in [-0.1, -0.05) is 12.1 Å². The van der Waals surface area contributed by atoms with Gasteiger partial charge in [-0.3, -0.25) is 9.89 Å². The zero-order chi connectivity index (χ0) is 18.1. The summed E-state index contributed by atoms with van der Waals surface area (Å²) in [5.74, 6) is 1.60. The summed E-state index contributed by atoms with van der Waals surface area (Å²) in [4.78, 5) is 16.9. The summed E-state index contributed by atoms with van der Waals surface area (Å²) in [6, 6.07) is 10.6. The predicted molar refractivity (Wildman–Crippen MR) is 98.9 cm³/mol. The van der Waals surface area contributed by atoms with Crippen molar-refractivity contribution in [3.63, 3.8) is 0 Å². The molecule has 0 saturated heterocycles. The average Bonchev–Trinajstić information content (AvgIpc) is 3.08. The van der Waals surface area contributed by atoms with E-state index in [9.17, 15) is 4.79 Å². The van der Waals surface area contributed by atoms with Crippen molar-refractivity contribution in [2.75, 3.05) is 14.2 Å². The molecular formula is C19H15N3O4. The molecule has 0 atom stereocenters. The number of fused-ring (bicyclic) bond motifs is 2. The van der Waals surface area contributed by atoms with Crippen molar-refractivity contribution in [1.29, 1.82) is 0 Å². The van der Waals surface area contributed by atoms with Gasteiger partial charge in [0.15, 0.2) is 17.3 Å². The van der Waals surface area contributed by atoms with Gasteiger partial charge in [-0.25, -0.2) is 4.99 Å². The Morgan fingerprint density at radius 2 is 1.88 bits per heavy atom. The van der Waals surface area contributed by atoms with Gasteiger partial charge in [-0.15, -0.1) is 0 Å². The maximum absolute atomic E-state index is 12.5. The second-order valence-electron chi connectivity index (χ2n) is 5.57. The molecule has 2 aromatic carbocycles. The number of para-hydroxylation sites is 1. The van der Waals surface area contributed by atoms with E-state index in [-0.39, 0.29) is 5.43 Å². The quantitative estimate of drug-likeness (QED) is 0.570. The number of nitrogens with one attached hydrogen (secondary N) is 1. The first-order valence-electron chi connectivity index (χ1n) is 7.86. The van der Waals surface area contributed by atoms with E-state index in [1.54, 1.807) is 44.6 Å². The van der Waals surface area contributed by atoms with Crippen molar-refractivity contribution < 1.29 is 13.9 Å². The highest BCUT2D eigenvalue weighted by Crippen LogP contribution is 2.34. The predicted octanol–water partition coefficient (Wildman–Crippen LogP) is 3.44. The van der Waals surface area contributed by atoms with Crippen LogP contribution in [0.15, 0.2) is 56.9 Å². The minimum absolute atomic E-state index is 0.144. The number of aromatic nitrogens is 2. The molecule has 0 aliphatic heterocycles. The van der Waals surface area contributed by atoms with E-state index in [0.29, 0.717) is 33.8 Å². The minimum atomic E-state index is -0.144. The van der Waals surface area contributed by atoms with Gasteiger partial charge in [0, 0.05) is 17.7 Å². The molecule has 0 bridgehead atoms. The Labute approximate surface area is 147 Å². The third-order valence-corrected chi connectivity index (χ3v) is 4.08. The largest absolute Gasteiger partial charge is 0.493 e. The number of hydrogen-bond donors (Lipinski definition) is 1. The molecule has 0 radical (unpaired) electrons. The molecule has 0 saturated carbocycles. The van der Waals surface area contributed by atoms with E-state index in [1.165, 1.54) is 12.5 Å². The van der Waals surface area contributed by atoms with E-state index >= 15 is 0 Å². The van der Waals surface area contributed by atoms with Crippen LogP contribution in [-0.4, -0.2) is 30.6 Å². The van der Waals surface area contributed by atoms with Crippen molar-refractivity contribution in [2.45, 2.75) is 0 Å². The van der Waals surface area contributed by atoms with Gasteiger partial charge in [0.1, 0.15) is 11.8 Å². The second-order valence-corrected chi connectivity index (χ2v) is 5.57. The van der Waals surface area contributed by atoms with E-state index in [0.717, 1.165) is 10.9 Å². The fourth-order valence-corrected chi connectivity index (χ4v) is 2.74. The Bertz CT molecular complexity index is 1190. The van der Waals surface area contributed by atoms with Crippen LogP contribution in [0, 0.1) is 0 Å². The number of nitrogens with zero attached hydrogens (tertiary/aromatic N) is 2. The van der Waals surface area contributed by atoms with Gasteiger partial charge in [-0.2, -0.15) is 5.10 Å². The van der Waals surface area contributed by atoms with Crippen LogP contribution in [0.3, 0.4) is 0 Å². The summed E-state index contributed by atoms with van der Waals surface area (Å²) in [6.07, 6.45) is 2.84. The van der Waals surface area contributed by atoms with Gasteiger partial charge in [0.2, 0.25) is 5.43 Å². The monoisotopic (exact) mass is 349 g/mol. The van der Waals surface area contributed by atoms with Crippen LogP contribution in [0.1, 0.15) is 5.56 Å². The molecule has 0 unspecified atom stereocenters. The topological polar surface area (TPSA) is 89.7 Å². The third kappa shape index (κ3) is 2.59. The van der Waals surface area contributed by atoms with Crippen molar-refractivity contribution in [3.05, 3.63) is 58.4 Å². The van der Waals surface area contributed by atoms with Crippen molar-refractivity contribution in [2.24, 2.45) is 4.99 Å². The highest BCUT2D eigenvalue weighted by atomic mass is 16.5. The lowest BCUT2D eigenvalue weighted by molar-refractivity contribution is 0.356.